The molecule has 0 bridgehead atoms. The zero-order valence-electron chi connectivity index (χ0n) is 14.9. The lowest BCUT2D eigenvalue weighted by atomic mass is 10.1. The Morgan fingerprint density at radius 2 is 1.54 bits per heavy atom. The molecule has 1 heterocycles. The first-order chi connectivity index (χ1) is 13.7. The van der Waals surface area contributed by atoms with Crippen molar-refractivity contribution in [3.05, 3.63) is 102 Å². The van der Waals surface area contributed by atoms with E-state index in [4.69, 9.17) is 10.2 Å². The summed E-state index contributed by atoms with van der Waals surface area (Å²) >= 11 is 0. The molecule has 0 fully saturated rings. The van der Waals surface area contributed by atoms with E-state index < -0.39 is 5.97 Å². The van der Waals surface area contributed by atoms with Crippen LogP contribution in [0.4, 0.5) is 5.69 Å². The molecular formula is C23H17N3O2. The van der Waals surface area contributed by atoms with Gasteiger partial charge in [0.25, 0.3) is 0 Å². The SMILES string of the molecule is O=C(O)c1ccc(N=Cc2cn(-c3ccccc3)nc2-c2ccccc2)cc1. The largest absolute Gasteiger partial charge is 0.478 e. The van der Waals surface area contributed by atoms with Gasteiger partial charge in [-0.3, -0.25) is 4.99 Å². The summed E-state index contributed by atoms with van der Waals surface area (Å²) in [4.78, 5) is 15.5. The molecule has 28 heavy (non-hydrogen) atoms. The second-order valence-corrected chi connectivity index (χ2v) is 6.19. The monoisotopic (exact) mass is 367 g/mol. The number of hydrogen-bond donors (Lipinski definition) is 1. The van der Waals surface area contributed by atoms with E-state index in [9.17, 15) is 4.79 Å². The van der Waals surface area contributed by atoms with Crippen LogP contribution in [-0.4, -0.2) is 27.1 Å². The van der Waals surface area contributed by atoms with Gasteiger partial charge in [-0.05, 0) is 36.4 Å². The predicted molar refractivity (Wildman–Crippen MR) is 110 cm³/mol. The van der Waals surface area contributed by atoms with Gasteiger partial charge in [-0.2, -0.15) is 5.10 Å². The summed E-state index contributed by atoms with van der Waals surface area (Å²) in [6.45, 7) is 0. The minimum Gasteiger partial charge on any atom is -0.478 e. The van der Waals surface area contributed by atoms with Crippen molar-refractivity contribution in [2.75, 3.05) is 0 Å². The molecule has 0 unspecified atom stereocenters. The summed E-state index contributed by atoms with van der Waals surface area (Å²) in [7, 11) is 0. The third-order valence-corrected chi connectivity index (χ3v) is 4.28. The third-order valence-electron chi connectivity index (χ3n) is 4.28. The van der Waals surface area contributed by atoms with Gasteiger partial charge >= 0.3 is 5.97 Å². The fraction of sp³-hybridized carbons (Fsp3) is 0. The summed E-state index contributed by atoms with van der Waals surface area (Å²) in [5.74, 6) is -0.953. The van der Waals surface area contributed by atoms with Gasteiger partial charge in [-0.1, -0.05) is 48.5 Å². The van der Waals surface area contributed by atoms with Crippen LogP contribution in [0.25, 0.3) is 16.9 Å². The number of carboxylic acid groups (broad SMARTS) is 1. The Morgan fingerprint density at radius 3 is 2.18 bits per heavy atom. The molecule has 3 aromatic carbocycles. The molecule has 0 saturated heterocycles. The lowest BCUT2D eigenvalue weighted by Crippen LogP contribution is -1.94. The van der Waals surface area contributed by atoms with Gasteiger partial charge in [0.1, 0.15) is 5.69 Å². The molecule has 1 aromatic heterocycles. The van der Waals surface area contributed by atoms with Gasteiger partial charge in [-0.15, -0.1) is 0 Å². The molecule has 136 valence electrons. The highest BCUT2D eigenvalue weighted by Gasteiger charge is 2.10. The zero-order chi connectivity index (χ0) is 19.3. The first-order valence-electron chi connectivity index (χ1n) is 8.79. The van der Waals surface area contributed by atoms with Crippen LogP contribution in [-0.2, 0) is 0 Å². The number of aliphatic imine (C=N–C) groups is 1. The number of hydrogen-bond acceptors (Lipinski definition) is 3. The maximum Gasteiger partial charge on any atom is 0.335 e. The number of aromatic nitrogens is 2. The molecule has 0 amide bonds. The van der Waals surface area contributed by atoms with Crippen LogP contribution < -0.4 is 0 Å². The molecule has 0 aliphatic carbocycles. The van der Waals surface area contributed by atoms with Crippen molar-refractivity contribution in [2.45, 2.75) is 0 Å². The van der Waals surface area contributed by atoms with Crippen LogP contribution in [0.3, 0.4) is 0 Å². The van der Waals surface area contributed by atoms with Gasteiger partial charge in [0.15, 0.2) is 0 Å². The van der Waals surface area contributed by atoms with E-state index in [1.807, 2.05) is 71.5 Å². The zero-order valence-corrected chi connectivity index (χ0v) is 14.9. The van der Waals surface area contributed by atoms with E-state index in [1.54, 1.807) is 30.5 Å². The summed E-state index contributed by atoms with van der Waals surface area (Å²) < 4.78 is 1.83. The summed E-state index contributed by atoms with van der Waals surface area (Å²) in [5.41, 5.74) is 4.58. The Morgan fingerprint density at radius 1 is 0.893 bits per heavy atom. The molecule has 0 atom stereocenters. The molecule has 0 aliphatic rings. The average Bonchev–Trinajstić information content (AvgIpc) is 3.18. The molecule has 4 rings (SSSR count). The standard InChI is InChI=1S/C23H17N3O2/c27-23(28)18-11-13-20(14-12-18)24-15-19-16-26(21-9-5-2-6-10-21)25-22(19)17-7-3-1-4-8-17/h1-16H,(H,27,28). The topological polar surface area (TPSA) is 67.5 Å². The molecule has 4 aromatic rings. The van der Waals surface area contributed by atoms with Gasteiger partial charge in [0, 0.05) is 23.5 Å². The Kier molecular flexibility index (Phi) is 4.80. The Balaban J connectivity index is 1.72. The van der Waals surface area contributed by atoms with Gasteiger partial charge in [-0.25, -0.2) is 9.48 Å². The number of nitrogens with zero attached hydrogens (tertiary/aromatic N) is 3. The highest BCUT2D eigenvalue weighted by molar-refractivity contribution is 5.91. The van der Waals surface area contributed by atoms with Crippen molar-refractivity contribution in [2.24, 2.45) is 4.99 Å². The first kappa shape index (κ1) is 17.4. The molecule has 0 saturated carbocycles. The predicted octanol–water partition coefficient (Wildman–Crippen LogP) is 4.99. The summed E-state index contributed by atoms with van der Waals surface area (Å²) in [5, 5.41) is 13.8. The highest BCUT2D eigenvalue weighted by Crippen LogP contribution is 2.23. The Labute approximate surface area is 162 Å². The number of carboxylic acids is 1. The van der Waals surface area contributed by atoms with Gasteiger partial charge in [0.2, 0.25) is 0 Å². The Hall–Kier alpha value is -3.99. The van der Waals surface area contributed by atoms with E-state index in [2.05, 4.69) is 4.99 Å². The molecule has 0 aliphatic heterocycles. The van der Waals surface area contributed by atoms with Crippen LogP contribution in [0.1, 0.15) is 15.9 Å². The molecule has 0 radical (unpaired) electrons. The molecule has 1 N–H and O–H groups in total. The number of benzene rings is 3. The molecule has 5 heteroatoms. The first-order valence-corrected chi connectivity index (χ1v) is 8.79. The van der Waals surface area contributed by atoms with Crippen molar-refractivity contribution in [1.29, 1.82) is 0 Å². The van der Waals surface area contributed by atoms with Crippen molar-refractivity contribution in [1.82, 2.24) is 9.78 Å². The highest BCUT2D eigenvalue weighted by atomic mass is 16.4. The fourth-order valence-electron chi connectivity index (χ4n) is 2.85. The second-order valence-electron chi connectivity index (χ2n) is 6.19. The molecule has 5 nitrogen and oxygen atoms in total. The number of rotatable bonds is 5. The van der Waals surface area contributed by atoms with Crippen LogP contribution in [0.2, 0.25) is 0 Å². The minimum atomic E-state index is -0.953. The van der Waals surface area contributed by atoms with E-state index in [0.717, 1.165) is 22.5 Å². The van der Waals surface area contributed by atoms with Crippen LogP contribution in [0, 0.1) is 0 Å². The average molecular weight is 367 g/mol. The van der Waals surface area contributed by atoms with E-state index >= 15 is 0 Å². The van der Waals surface area contributed by atoms with Crippen LogP contribution in [0.5, 0.6) is 0 Å². The number of para-hydroxylation sites is 1. The van der Waals surface area contributed by atoms with Crippen molar-refractivity contribution in [3.63, 3.8) is 0 Å². The number of aromatic carboxylic acids is 1. The van der Waals surface area contributed by atoms with Gasteiger partial charge in [0.05, 0.1) is 16.9 Å². The summed E-state index contributed by atoms with van der Waals surface area (Å²) in [6.07, 6.45) is 3.69. The number of carbonyl (C=O) groups is 1. The van der Waals surface area contributed by atoms with E-state index in [1.165, 1.54) is 0 Å². The maximum absolute atomic E-state index is 11.0. The smallest absolute Gasteiger partial charge is 0.335 e. The lowest BCUT2D eigenvalue weighted by molar-refractivity contribution is 0.0697. The molecular weight excluding hydrogens is 350 g/mol. The van der Waals surface area contributed by atoms with Crippen molar-refractivity contribution < 1.29 is 9.90 Å². The quantitative estimate of drug-likeness (QED) is 0.505. The normalized spacial score (nSPS) is 11.0. The second kappa shape index (κ2) is 7.72. The lowest BCUT2D eigenvalue weighted by Gasteiger charge is -2.00. The Bertz CT molecular complexity index is 1120. The van der Waals surface area contributed by atoms with E-state index in [-0.39, 0.29) is 5.56 Å². The van der Waals surface area contributed by atoms with E-state index in [0.29, 0.717) is 5.69 Å². The van der Waals surface area contributed by atoms with Crippen LogP contribution >= 0.6 is 0 Å². The molecule has 0 spiro atoms. The minimum absolute atomic E-state index is 0.237. The summed E-state index contributed by atoms with van der Waals surface area (Å²) in [6, 6.07) is 26.3. The van der Waals surface area contributed by atoms with Crippen molar-refractivity contribution in [3.8, 4) is 16.9 Å². The van der Waals surface area contributed by atoms with Crippen molar-refractivity contribution >= 4 is 17.9 Å². The third kappa shape index (κ3) is 3.73. The van der Waals surface area contributed by atoms with Crippen LogP contribution in [0.15, 0.2) is 96.1 Å². The maximum atomic E-state index is 11.0. The fourth-order valence-corrected chi connectivity index (χ4v) is 2.85. The van der Waals surface area contributed by atoms with Gasteiger partial charge < -0.3 is 5.11 Å².